The second-order valence-electron chi connectivity index (χ2n) is 4.55. The molecule has 1 aliphatic heterocycles. The fourth-order valence-electron chi connectivity index (χ4n) is 2.18. The topological polar surface area (TPSA) is 72.6 Å². The van der Waals surface area contributed by atoms with Crippen LogP contribution in [0.25, 0.3) is 0 Å². The first-order valence-electron chi connectivity index (χ1n) is 6.03. The number of nitrogens with two attached hydrogens (primary N) is 1. The molecule has 1 aromatic rings. The van der Waals surface area contributed by atoms with Crippen molar-refractivity contribution in [3.05, 3.63) is 23.2 Å². The Morgan fingerprint density at radius 1 is 1.47 bits per heavy atom. The number of piperidine rings is 1. The number of benzene rings is 1. The lowest BCUT2D eigenvalue weighted by Crippen LogP contribution is -2.42. The predicted octanol–water partition coefficient (Wildman–Crippen LogP) is 1.72. The average molecular weight is 305 g/mol. The molecule has 5 nitrogen and oxygen atoms in total. The van der Waals surface area contributed by atoms with E-state index in [1.54, 1.807) is 7.11 Å². The summed E-state index contributed by atoms with van der Waals surface area (Å²) in [5, 5.41) is 0.152. The number of rotatable bonds is 3. The standard InChI is InChI=1S/C12H17ClN2O3S/c1-18-10-3-2-6-15(8-10)19(16,17)12-5-4-9(14)7-11(12)13/h4-5,7,10H,2-3,6,8,14H2,1H3. The van der Waals surface area contributed by atoms with Crippen LogP contribution >= 0.6 is 11.6 Å². The molecule has 1 aromatic carbocycles. The lowest BCUT2D eigenvalue weighted by molar-refractivity contribution is 0.0572. The minimum atomic E-state index is -3.59. The van der Waals surface area contributed by atoms with Gasteiger partial charge in [-0.3, -0.25) is 0 Å². The first kappa shape index (κ1) is 14.6. The second-order valence-corrected chi connectivity index (χ2v) is 6.87. The number of sulfonamides is 1. The van der Waals surface area contributed by atoms with E-state index in [-0.39, 0.29) is 16.0 Å². The van der Waals surface area contributed by atoms with Crippen LogP contribution in [-0.2, 0) is 14.8 Å². The van der Waals surface area contributed by atoms with E-state index in [2.05, 4.69) is 0 Å². The normalized spacial score (nSPS) is 21.5. The third-order valence-corrected chi connectivity index (χ3v) is 5.60. The largest absolute Gasteiger partial charge is 0.399 e. The predicted molar refractivity (Wildman–Crippen MR) is 74.7 cm³/mol. The molecule has 1 heterocycles. The molecule has 0 saturated carbocycles. The number of hydrogen-bond acceptors (Lipinski definition) is 4. The lowest BCUT2D eigenvalue weighted by Gasteiger charge is -2.31. The van der Waals surface area contributed by atoms with E-state index >= 15 is 0 Å². The van der Waals surface area contributed by atoms with Crippen molar-refractivity contribution >= 4 is 27.3 Å². The molecule has 0 aliphatic carbocycles. The number of ether oxygens (including phenoxy) is 1. The Hall–Kier alpha value is -0.820. The zero-order chi connectivity index (χ0) is 14.0. The van der Waals surface area contributed by atoms with Crippen molar-refractivity contribution in [2.45, 2.75) is 23.8 Å². The van der Waals surface area contributed by atoms with Crippen molar-refractivity contribution in [1.29, 1.82) is 0 Å². The van der Waals surface area contributed by atoms with Crippen LogP contribution in [0.5, 0.6) is 0 Å². The zero-order valence-corrected chi connectivity index (χ0v) is 12.2. The van der Waals surface area contributed by atoms with E-state index < -0.39 is 10.0 Å². The maximum absolute atomic E-state index is 12.5. The maximum atomic E-state index is 12.5. The Labute approximate surface area is 118 Å². The zero-order valence-electron chi connectivity index (χ0n) is 10.7. The second kappa shape index (κ2) is 5.66. The molecule has 0 amide bonds. The summed E-state index contributed by atoms with van der Waals surface area (Å²) in [5.41, 5.74) is 6.02. The van der Waals surface area contributed by atoms with Crippen LogP contribution in [0.2, 0.25) is 5.02 Å². The first-order chi connectivity index (χ1) is 8.95. The van der Waals surface area contributed by atoms with Crippen LogP contribution in [0.1, 0.15) is 12.8 Å². The van der Waals surface area contributed by atoms with Gasteiger partial charge in [-0.25, -0.2) is 8.42 Å². The van der Waals surface area contributed by atoms with Gasteiger partial charge in [-0.2, -0.15) is 4.31 Å². The van der Waals surface area contributed by atoms with Gasteiger partial charge in [0.15, 0.2) is 0 Å². The Morgan fingerprint density at radius 2 is 2.21 bits per heavy atom. The molecule has 2 N–H and O–H groups in total. The fraction of sp³-hybridized carbons (Fsp3) is 0.500. The van der Waals surface area contributed by atoms with Crippen molar-refractivity contribution in [3.8, 4) is 0 Å². The van der Waals surface area contributed by atoms with Gasteiger partial charge < -0.3 is 10.5 Å². The summed E-state index contributed by atoms with van der Waals surface area (Å²) in [6.07, 6.45) is 1.60. The fourth-order valence-corrected chi connectivity index (χ4v) is 4.22. The summed E-state index contributed by atoms with van der Waals surface area (Å²) >= 11 is 5.99. The lowest BCUT2D eigenvalue weighted by atomic mass is 10.1. The number of nitrogen functional groups attached to an aromatic ring is 1. The smallest absolute Gasteiger partial charge is 0.244 e. The molecule has 7 heteroatoms. The van der Waals surface area contributed by atoms with Gasteiger partial charge in [0.1, 0.15) is 4.90 Å². The third-order valence-electron chi connectivity index (χ3n) is 3.25. The van der Waals surface area contributed by atoms with Crippen LogP contribution < -0.4 is 5.73 Å². The number of nitrogens with zero attached hydrogens (tertiary/aromatic N) is 1. The van der Waals surface area contributed by atoms with Gasteiger partial charge in [-0.05, 0) is 31.0 Å². The molecular weight excluding hydrogens is 288 g/mol. The molecule has 0 bridgehead atoms. The number of hydrogen-bond donors (Lipinski definition) is 1. The van der Waals surface area contributed by atoms with Crippen molar-refractivity contribution in [1.82, 2.24) is 4.31 Å². The summed E-state index contributed by atoms with van der Waals surface area (Å²) in [4.78, 5) is 0.0973. The van der Waals surface area contributed by atoms with Crippen LogP contribution in [0.4, 0.5) is 5.69 Å². The highest BCUT2D eigenvalue weighted by Crippen LogP contribution is 2.28. The molecular formula is C12H17ClN2O3S. The summed E-state index contributed by atoms with van der Waals surface area (Å²) in [7, 11) is -1.99. The molecule has 19 heavy (non-hydrogen) atoms. The van der Waals surface area contributed by atoms with E-state index in [0.717, 1.165) is 12.8 Å². The van der Waals surface area contributed by atoms with Gasteiger partial charge in [0.25, 0.3) is 0 Å². The maximum Gasteiger partial charge on any atom is 0.244 e. The molecule has 106 valence electrons. The highest BCUT2D eigenvalue weighted by atomic mass is 35.5. The summed E-state index contributed by atoms with van der Waals surface area (Å²) in [6, 6.07) is 4.44. The number of anilines is 1. The minimum Gasteiger partial charge on any atom is -0.399 e. The Kier molecular flexibility index (Phi) is 4.35. The van der Waals surface area contributed by atoms with Crippen LogP contribution in [0.15, 0.2) is 23.1 Å². The molecule has 1 fully saturated rings. The summed E-state index contributed by atoms with van der Waals surface area (Å²) < 4.78 is 31.7. The molecule has 1 saturated heterocycles. The van der Waals surface area contributed by atoms with Crippen molar-refractivity contribution in [3.63, 3.8) is 0 Å². The van der Waals surface area contributed by atoms with Crippen molar-refractivity contribution in [2.24, 2.45) is 0 Å². The van der Waals surface area contributed by atoms with Gasteiger partial charge in [0, 0.05) is 25.9 Å². The van der Waals surface area contributed by atoms with Gasteiger partial charge in [-0.15, -0.1) is 0 Å². The third kappa shape index (κ3) is 3.02. The molecule has 2 rings (SSSR count). The quantitative estimate of drug-likeness (QED) is 0.863. The van der Waals surface area contributed by atoms with Gasteiger partial charge >= 0.3 is 0 Å². The van der Waals surface area contributed by atoms with E-state index in [1.165, 1.54) is 22.5 Å². The molecule has 1 atom stereocenters. The van der Waals surface area contributed by atoms with Gasteiger partial charge in [-0.1, -0.05) is 11.6 Å². The summed E-state index contributed by atoms with van der Waals surface area (Å²) in [5.74, 6) is 0. The first-order valence-corrected chi connectivity index (χ1v) is 7.85. The van der Waals surface area contributed by atoms with Crippen LogP contribution in [-0.4, -0.2) is 39.0 Å². The van der Waals surface area contributed by atoms with E-state index in [0.29, 0.717) is 18.8 Å². The van der Waals surface area contributed by atoms with E-state index in [9.17, 15) is 8.42 Å². The monoisotopic (exact) mass is 304 g/mol. The molecule has 0 radical (unpaired) electrons. The SMILES string of the molecule is COC1CCCN(S(=O)(=O)c2ccc(N)cc2Cl)C1. The van der Waals surface area contributed by atoms with E-state index in [4.69, 9.17) is 22.1 Å². The average Bonchev–Trinajstić information content (AvgIpc) is 2.38. The molecule has 1 aliphatic rings. The van der Waals surface area contributed by atoms with Gasteiger partial charge in [0.2, 0.25) is 10.0 Å². The van der Waals surface area contributed by atoms with E-state index in [1.807, 2.05) is 0 Å². The van der Waals surface area contributed by atoms with Gasteiger partial charge in [0.05, 0.1) is 11.1 Å². The van der Waals surface area contributed by atoms with Crippen molar-refractivity contribution in [2.75, 3.05) is 25.9 Å². The highest BCUT2D eigenvalue weighted by Gasteiger charge is 2.31. The molecule has 1 unspecified atom stereocenters. The molecule has 0 aromatic heterocycles. The van der Waals surface area contributed by atoms with Crippen molar-refractivity contribution < 1.29 is 13.2 Å². The van der Waals surface area contributed by atoms with Crippen LogP contribution in [0.3, 0.4) is 0 Å². The Balaban J connectivity index is 2.31. The Morgan fingerprint density at radius 3 is 2.84 bits per heavy atom. The van der Waals surface area contributed by atoms with Crippen LogP contribution in [0, 0.1) is 0 Å². The summed E-state index contributed by atoms with van der Waals surface area (Å²) in [6.45, 7) is 0.850. The number of methoxy groups -OCH3 is 1. The Bertz CT molecular complexity index is 562. The number of halogens is 1. The molecule has 0 spiro atoms. The highest BCUT2D eigenvalue weighted by molar-refractivity contribution is 7.89. The minimum absolute atomic E-state index is 0.0592.